The number of aliphatic hydroxyl groups is 1. The molecular weight excluding hydrogens is 182 g/mol. The highest BCUT2D eigenvalue weighted by atomic mass is 16.6. The Labute approximate surface area is 86.3 Å². The van der Waals surface area contributed by atoms with E-state index in [0.29, 0.717) is 13.1 Å². The molecule has 1 rings (SSSR count). The maximum atomic E-state index is 11.6. The van der Waals surface area contributed by atoms with E-state index in [1.54, 1.807) is 0 Å². The van der Waals surface area contributed by atoms with E-state index in [9.17, 15) is 9.90 Å². The standard InChI is InChI=1S/C10H19NO3/c1-10(2,3)14-9(13)11-6-4-8(12)5-7-11/h8,12H,4-7H2,1-3H3/i8D. The van der Waals surface area contributed by atoms with Gasteiger partial charge in [-0.05, 0) is 33.6 Å². The Morgan fingerprint density at radius 1 is 1.50 bits per heavy atom. The fraction of sp³-hybridized carbons (Fsp3) is 0.900. The summed E-state index contributed by atoms with van der Waals surface area (Å²) in [6, 6.07) is 0. The molecule has 0 bridgehead atoms. The molecule has 1 aliphatic rings. The van der Waals surface area contributed by atoms with Crippen LogP contribution >= 0.6 is 0 Å². The predicted molar refractivity (Wildman–Crippen MR) is 53.0 cm³/mol. The maximum Gasteiger partial charge on any atom is 0.410 e. The van der Waals surface area contributed by atoms with Gasteiger partial charge < -0.3 is 14.7 Å². The number of carbonyl (C=O) groups excluding carboxylic acids is 1. The fourth-order valence-corrected chi connectivity index (χ4v) is 1.27. The van der Waals surface area contributed by atoms with Crippen LogP contribution in [0.4, 0.5) is 4.79 Å². The number of nitrogens with zero attached hydrogens (tertiary/aromatic N) is 1. The highest BCUT2D eigenvalue weighted by molar-refractivity contribution is 5.68. The summed E-state index contributed by atoms with van der Waals surface area (Å²) >= 11 is 0. The lowest BCUT2D eigenvalue weighted by atomic mass is 10.1. The molecule has 0 aromatic rings. The van der Waals surface area contributed by atoms with Crippen molar-refractivity contribution in [3.05, 3.63) is 0 Å². The van der Waals surface area contributed by atoms with Gasteiger partial charge in [-0.2, -0.15) is 0 Å². The SMILES string of the molecule is [2H]C1(O)CCN(C(=O)OC(C)(C)C)CC1. The smallest absolute Gasteiger partial charge is 0.410 e. The number of hydrogen-bond acceptors (Lipinski definition) is 3. The van der Waals surface area contributed by atoms with E-state index < -0.39 is 11.7 Å². The number of ether oxygens (including phenoxy) is 1. The van der Waals surface area contributed by atoms with Crippen molar-refractivity contribution in [2.45, 2.75) is 45.3 Å². The Balaban J connectivity index is 2.44. The minimum atomic E-state index is -1.38. The first-order valence-corrected chi connectivity index (χ1v) is 4.90. The summed E-state index contributed by atoms with van der Waals surface area (Å²) in [7, 11) is 0. The van der Waals surface area contributed by atoms with Gasteiger partial charge in [0.1, 0.15) is 5.60 Å². The van der Waals surface area contributed by atoms with Crippen LogP contribution in [0.5, 0.6) is 0 Å². The number of amides is 1. The van der Waals surface area contributed by atoms with Gasteiger partial charge in [-0.15, -0.1) is 0 Å². The van der Waals surface area contributed by atoms with Crippen LogP contribution in [-0.4, -0.2) is 40.9 Å². The fourth-order valence-electron chi connectivity index (χ4n) is 1.27. The monoisotopic (exact) mass is 202 g/mol. The van der Waals surface area contributed by atoms with Crippen molar-refractivity contribution in [3.8, 4) is 0 Å². The van der Waals surface area contributed by atoms with Crippen LogP contribution in [0.25, 0.3) is 0 Å². The van der Waals surface area contributed by atoms with Gasteiger partial charge in [0, 0.05) is 13.1 Å². The molecule has 1 N–H and O–H groups in total. The van der Waals surface area contributed by atoms with Crippen LogP contribution < -0.4 is 0 Å². The molecule has 1 heterocycles. The Morgan fingerprint density at radius 3 is 2.43 bits per heavy atom. The topological polar surface area (TPSA) is 49.8 Å². The third-order valence-corrected chi connectivity index (χ3v) is 1.99. The average Bonchev–Trinajstić information content (AvgIpc) is 2.00. The summed E-state index contributed by atoms with van der Waals surface area (Å²) in [6.45, 7) is 6.21. The maximum absolute atomic E-state index is 11.6. The van der Waals surface area contributed by atoms with Gasteiger partial charge in [0.25, 0.3) is 0 Å². The van der Waals surface area contributed by atoms with E-state index in [2.05, 4.69) is 0 Å². The molecule has 4 heteroatoms. The van der Waals surface area contributed by atoms with Gasteiger partial charge in [0.2, 0.25) is 0 Å². The van der Waals surface area contributed by atoms with Crippen LogP contribution in [-0.2, 0) is 4.74 Å². The molecule has 0 atom stereocenters. The lowest BCUT2D eigenvalue weighted by Gasteiger charge is -2.31. The average molecular weight is 202 g/mol. The van der Waals surface area contributed by atoms with Gasteiger partial charge in [0.15, 0.2) is 0 Å². The number of rotatable bonds is 0. The van der Waals surface area contributed by atoms with Crippen molar-refractivity contribution in [2.75, 3.05) is 13.1 Å². The predicted octanol–water partition coefficient (Wildman–Crippen LogP) is 1.38. The quantitative estimate of drug-likeness (QED) is 0.645. The number of hydrogen-bond donors (Lipinski definition) is 1. The second kappa shape index (κ2) is 4.17. The second-order valence-corrected chi connectivity index (χ2v) is 4.53. The molecule has 4 nitrogen and oxygen atoms in total. The molecule has 0 saturated carbocycles. The molecule has 0 radical (unpaired) electrons. The zero-order chi connectivity index (χ0) is 11.7. The molecule has 0 aromatic heterocycles. The van der Waals surface area contributed by atoms with Crippen molar-refractivity contribution < 1.29 is 16.0 Å². The Hall–Kier alpha value is -0.770. The van der Waals surface area contributed by atoms with Gasteiger partial charge in [-0.3, -0.25) is 0 Å². The van der Waals surface area contributed by atoms with Crippen molar-refractivity contribution in [1.82, 2.24) is 4.90 Å². The van der Waals surface area contributed by atoms with Gasteiger partial charge in [0.05, 0.1) is 7.45 Å². The van der Waals surface area contributed by atoms with E-state index in [4.69, 9.17) is 6.11 Å². The molecule has 14 heavy (non-hydrogen) atoms. The molecular formula is C10H19NO3. The highest BCUT2D eigenvalue weighted by Gasteiger charge is 2.25. The summed E-state index contributed by atoms with van der Waals surface area (Å²) in [5.74, 6) is 0. The molecule has 1 aliphatic heterocycles. The van der Waals surface area contributed by atoms with E-state index in [1.807, 2.05) is 20.8 Å². The van der Waals surface area contributed by atoms with Crippen molar-refractivity contribution in [1.29, 1.82) is 0 Å². The minimum Gasteiger partial charge on any atom is -0.444 e. The lowest BCUT2D eigenvalue weighted by Crippen LogP contribution is -2.42. The van der Waals surface area contributed by atoms with Gasteiger partial charge in [-0.25, -0.2) is 4.79 Å². The largest absolute Gasteiger partial charge is 0.444 e. The first-order valence-electron chi connectivity index (χ1n) is 5.40. The molecule has 0 unspecified atom stereocenters. The van der Waals surface area contributed by atoms with Gasteiger partial charge in [-0.1, -0.05) is 0 Å². The van der Waals surface area contributed by atoms with Crippen LogP contribution in [0.1, 0.15) is 35.0 Å². The number of likely N-dealkylation sites (tertiary alicyclic amines) is 1. The zero-order valence-electron chi connectivity index (χ0n) is 10.0. The minimum absolute atomic E-state index is 0.284. The summed E-state index contributed by atoms with van der Waals surface area (Å²) < 4.78 is 12.6. The normalized spacial score (nSPS) is 22.9. The van der Waals surface area contributed by atoms with Crippen LogP contribution in [0.2, 0.25) is 0 Å². The summed E-state index contributed by atoms with van der Waals surface area (Å²) in [4.78, 5) is 13.1. The molecule has 0 aliphatic carbocycles. The molecule has 1 saturated heterocycles. The third kappa shape index (κ3) is 3.54. The Morgan fingerprint density at radius 2 is 2.00 bits per heavy atom. The van der Waals surface area contributed by atoms with Crippen molar-refractivity contribution >= 4 is 6.09 Å². The highest BCUT2D eigenvalue weighted by Crippen LogP contribution is 2.14. The number of piperidine rings is 1. The first kappa shape index (κ1) is 9.77. The van der Waals surface area contributed by atoms with E-state index >= 15 is 0 Å². The molecule has 1 fully saturated rings. The van der Waals surface area contributed by atoms with Crippen molar-refractivity contribution in [3.63, 3.8) is 0 Å². The molecule has 1 amide bonds. The summed E-state index contributed by atoms with van der Waals surface area (Å²) in [6.07, 6.45) is -1.17. The summed E-state index contributed by atoms with van der Waals surface area (Å²) in [5.41, 5.74) is -0.494. The lowest BCUT2D eigenvalue weighted by molar-refractivity contribution is 0.0101. The zero-order valence-corrected chi connectivity index (χ0v) is 9.04. The second-order valence-electron chi connectivity index (χ2n) is 4.53. The summed E-state index contributed by atoms with van der Waals surface area (Å²) in [5, 5.41) is 9.39. The first-order chi connectivity index (χ1) is 6.70. The number of carbonyl (C=O) groups is 1. The molecule has 0 aromatic carbocycles. The van der Waals surface area contributed by atoms with E-state index in [-0.39, 0.29) is 18.9 Å². The van der Waals surface area contributed by atoms with Crippen LogP contribution in [0.3, 0.4) is 0 Å². The van der Waals surface area contributed by atoms with E-state index in [1.165, 1.54) is 4.90 Å². The van der Waals surface area contributed by atoms with Crippen LogP contribution in [0, 0.1) is 0 Å². The third-order valence-electron chi connectivity index (χ3n) is 1.99. The van der Waals surface area contributed by atoms with Gasteiger partial charge >= 0.3 is 6.09 Å². The van der Waals surface area contributed by atoms with Crippen molar-refractivity contribution in [2.24, 2.45) is 0 Å². The Bertz CT molecular complexity index is 238. The molecule has 0 spiro atoms. The molecule has 82 valence electrons. The Kier molecular flexibility index (Phi) is 2.91. The van der Waals surface area contributed by atoms with E-state index in [0.717, 1.165) is 0 Å². The van der Waals surface area contributed by atoms with Crippen LogP contribution in [0.15, 0.2) is 0 Å².